The third kappa shape index (κ3) is 7.05. The lowest BCUT2D eigenvalue weighted by Gasteiger charge is -2.49. The van der Waals surface area contributed by atoms with Crippen molar-refractivity contribution in [2.45, 2.75) is 77.5 Å². The first kappa shape index (κ1) is 34.9. The van der Waals surface area contributed by atoms with Crippen LogP contribution in [0.5, 0.6) is 11.5 Å². The van der Waals surface area contributed by atoms with Crippen LogP contribution in [-0.2, 0) is 24.4 Å². The topological polar surface area (TPSA) is 99.2 Å². The first-order valence-corrected chi connectivity index (χ1v) is 18.4. The molecule has 0 bridgehead atoms. The molecule has 0 radical (unpaired) electrons. The van der Waals surface area contributed by atoms with Crippen LogP contribution in [0.2, 0.25) is 5.02 Å². The van der Waals surface area contributed by atoms with E-state index in [1.165, 1.54) is 24.3 Å². The highest BCUT2D eigenvalue weighted by molar-refractivity contribution is 14.1. The zero-order chi connectivity index (χ0) is 33.6. The van der Waals surface area contributed by atoms with Crippen LogP contribution in [0.3, 0.4) is 0 Å². The van der Waals surface area contributed by atoms with E-state index in [1.807, 2.05) is 28.7 Å². The number of allylic oxidation sites excluding steroid dienone is 4. The van der Waals surface area contributed by atoms with Crippen LogP contribution < -0.4 is 8.92 Å². The molecule has 0 N–H and O–H groups in total. The minimum absolute atomic E-state index is 0.0239. The van der Waals surface area contributed by atoms with Gasteiger partial charge >= 0.3 is 10.1 Å². The van der Waals surface area contributed by atoms with Gasteiger partial charge in [-0.3, -0.25) is 9.59 Å². The van der Waals surface area contributed by atoms with Gasteiger partial charge in [-0.25, -0.2) is 0 Å². The second kappa shape index (κ2) is 13.2. The van der Waals surface area contributed by atoms with E-state index < -0.39 is 16.0 Å². The molecule has 11 heteroatoms. The van der Waals surface area contributed by atoms with E-state index in [2.05, 4.69) is 32.6 Å². The number of nitrogens with zero attached hydrogens (tertiary/aromatic N) is 1. The van der Waals surface area contributed by atoms with Gasteiger partial charge < -0.3 is 18.6 Å². The Morgan fingerprint density at radius 1 is 0.935 bits per heavy atom. The number of hydrogen-bond donors (Lipinski definition) is 0. The Bertz CT molecular complexity index is 1670. The highest BCUT2D eigenvalue weighted by Gasteiger charge is 2.49. The molecule has 5 rings (SSSR count). The van der Waals surface area contributed by atoms with Crippen molar-refractivity contribution < 1.29 is 31.7 Å². The van der Waals surface area contributed by atoms with Crippen LogP contribution in [0.1, 0.15) is 78.2 Å². The van der Waals surface area contributed by atoms with E-state index >= 15 is 0 Å². The van der Waals surface area contributed by atoms with Gasteiger partial charge in [-0.05, 0) is 102 Å². The number of hydrogen-bond acceptors (Lipinski definition) is 8. The lowest BCUT2D eigenvalue weighted by atomic mass is 9.63. The fourth-order valence-corrected chi connectivity index (χ4v) is 8.84. The quantitative estimate of drug-likeness (QED) is 0.137. The molecule has 1 heterocycles. The van der Waals surface area contributed by atoms with Crippen molar-refractivity contribution in [3.8, 4) is 11.5 Å². The van der Waals surface area contributed by atoms with Crippen molar-refractivity contribution in [2.75, 3.05) is 26.9 Å². The highest BCUT2D eigenvalue weighted by atomic mass is 127. The van der Waals surface area contributed by atoms with E-state index in [0.29, 0.717) is 64.1 Å². The summed E-state index contributed by atoms with van der Waals surface area (Å²) >= 11 is 8.01. The summed E-state index contributed by atoms with van der Waals surface area (Å²) in [5, 5.41) is 0.404. The lowest BCUT2D eigenvalue weighted by Crippen LogP contribution is -2.44. The average molecular weight is 782 g/mol. The van der Waals surface area contributed by atoms with Gasteiger partial charge in [0.15, 0.2) is 23.1 Å². The van der Waals surface area contributed by atoms with Crippen molar-refractivity contribution in [2.24, 2.45) is 10.8 Å². The maximum Gasteiger partial charge on any atom is 0.339 e. The molecule has 1 aliphatic heterocycles. The van der Waals surface area contributed by atoms with Crippen molar-refractivity contribution in [3.63, 3.8) is 0 Å². The van der Waals surface area contributed by atoms with Crippen molar-refractivity contribution in [1.82, 2.24) is 4.90 Å². The third-order valence-corrected chi connectivity index (χ3v) is 11.0. The summed E-state index contributed by atoms with van der Waals surface area (Å²) in [5.41, 5.74) is 3.42. The molecule has 46 heavy (non-hydrogen) atoms. The normalized spacial score (nSPS) is 19.7. The Morgan fingerprint density at radius 3 is 2.02 bits per heavy atom. The summed E-state index contributed by atoms with van der Waals surface area (Å²) in [6.45, 7) is 11.7. The van der Waals surface area contributed by atoms with Gasteiger partial charge in [0.2, 0.25) is 0 Å². The molecule has 0 fully saturated rings. The maximum atomic E-state index is 14.2. The minimum atomic E-state index is -4.22. The number of ether oxygens (including phenoxy) is 2. The molecule has 0 aromatic heterocycles. The number of carbonyl (C=O) groups is 2. The lowest BCUT2D eigenvalue weighted by molar-refractivity contribution is -0.119. The molecular formula is C35H41ClINO7S. The van der Waals surface area contributed by atoms with E-state index in [0.717, 1.165) is 17.8 Å². The number of methoxy groups -OCH3 is 1. The zero-order valence-electron chi connectivity index (χ0n) is 27.2. The second-order valence-electron chi connectivity index (χ2n) is 13.8. The number of ketones is 2. The molecule has 0 unspecified atom stereocenters. The van der Waals surface area contributed by atoms with Gasteiger partial charge in [-0.2, -0.15) is 8.42 Å². The predicted octanol–water partition coefficient (Wildman–Crippen LogP) is 7.83. The van der Waals surface area contributed by atoms with Crippen LogP contribution in [0, 0.1) is 14.4 Å². The first-order valence-electron chi connectivity index (χ1n) is 15.5. The van der Waals surface area contributed by atoms with Gasteiger partial charge in [0.25, 0.3) is 0 Å². The molecule has 0 saturated carbocycles. The molecule has 248 valence electrons. The van der Waals surface area contributed by atoms with Gasteiger partial charge in [0.05, 0.1) is 10.2 Å². The van der Waals surface area contributed by atoms with Crippen LogP contribution in [-0.4, -0.2) is 51.8 Å². The van der Waals surface area contributed by atoms with Crippen molar-refractivity contribution in [3.05, 3.63) is 73.1 Å². The summed E-state index contributed by atoms with van der Waals surface area (Å²) < 4.78 is 44.1. The predicted molar refractivity (Wildman–Crippen MR) is 186 cm³/mol. The van der Waals surface area contributed by atoms with E-state index in [4.69, 9.17) is 25.3 Å². The zero-order valence-corrected chi connectivity index (χ0v) is 30.9. The molecule has 0 spiro atoms. The molecule has 3 aliphatic rings. The molecule has 0 saturated heterocycles. The number of Topliss-reactive ketones (excluding diaryl/α,β-unsaturated/α-hetero) is 2. The fourth-order valence-electron chi connectivity index (χ4n) is 6.88. The molecule has 2 aliphatic carbocycles. The van der Waals surface area contributed by atoms with E-state index in [-0.39, 0.29) is 45.4 Å². The van der Waals surface area contributed by atoms with Crippen molar-refractivity contribution in [1.29, 1.82) is 0 Å². The minimum Gasteiger partial charge on any atom is -0.490 e. The Hall–Kier alpha value is -2.41. The molecule has 0 amide bonds. The van der Waals surface area contributed by atoms with Gasteiger partial charge in [-0.15, -0.1) is 0 Å². The SMILES string of the molecule is CCOc1cc(C2C3=C(CC(C)(C)CC3=O)N(CCCOC)C3=C2C(=O)CC(C)(C)C3)cc(I)c1OS(=O)(=O)c1ccc(Cl)cc1. The number of halogens is 2. The van der Waals surface area contributed by atoms with Gasteiger partial charge in [0, 0.05) is 66.6 Å². The Labute approximate surface area is 290 Å². The summed E-state index contributed by atoms with van der Waals surface area (Å²) in [6.07, 6.45) is 2.87. The molecule has 8 nitrogen and oxygen atoms in total. The summed E-state index contributed by atoms with van der Waals surface area (Å²) in [4.78, 5) is 30.5. The van der Waals surface area contributed by atoms with Crippen LogP contribution in [0.15, 0.2) is 63.8 Å². The fraction of sp³-hybridized carbons (Fsp3) is 0.486. The highest BCUT2D eigenvalue weighted by Crippen LogP contribution is 2.55. The number of rotatable bonds is 10. The second-order valence-corrected chi connectivity index (χ2v) is 16.9. The monoisotopic (exact) mass is 781 g/mol. The summed E-state index contributed by atoms with van der Waals surface area (Å²) in [7, 11) is -2.54. The molecular weight excluding hydrogens is 741 g/mol. The van der Waals surface area contributed by atoms with E-state index in [9.17, 15) is 18.0 Å². The van der Waals surface area contributed by atoms with Crippen LogP contribution >= 0.6 is 34.2 Å². The first-order chi connectivity index (χ1) is 21.6. The number of benzene rings is 2. The standard InChI is InChI=1S/C35H41ClINO7S/c1-7-44-29-16-21(15-24(37)33(29)45-46(41,42)23-11-9-22(36)10-12-23)30-31-25(17-34(2,3)19-27(31)39)38(13-8-14-43-6)26-18-35(4,5)20-28(40)32(26)30/h9-12,15-16,30H,7-8,13-14,17-20H2,1-6H3. The summed E-state index contributed by atoms with van der Waals surface area (Å²) in [6, 6.07) is 9.29. The van der Waals surface area contributed by atoms with Gasteiger partial charge in [0.1, 0.15) is 4.90 Å². The molecule has 0 atom stereocenters. The summed E-state index contributed by atoms with van der Waals surface area (Å²) in [5.74, 6) is -0.285. The molecule has 2 aromatic rings. The molecule has 2 aromatic carbocycles. The van der Waals surface area contributed by atoms with Crippen LogP contribution in [0.25, 0.3) is 0 Å². The van der Waals surface area contributed by atoms with E-state index in [1.54, 1.807) is 20.1 Å². The Morgan fingerprint density at radius 2 is 1.50 bits per heavy atom. The third-order valence-electron chi connectivity index (χ3n) is 8.71. The smallest absolute Gasteiger partial charge is 0.339 e. The number of carbonyl (C=O) groups excluding carboxylic acids is 2. The van der Waals surface area contributed by atoms with Crippen molar-refractivity contribution >= 4 is 55.9 Å². The largest absolute Gasteiger partial charge is 0.490 e. The van der Waals surface area contributed by atoms with Gasteiger partial charge in [-0.1, -0.05) is 39.3 Å². The average Bonchev–Trinajstić information content (AvgIpc) is 2.94. The van der Waals surface area contributed by atoms with Crippen LogP contribution in [0.4, 0.5) is 0 Å². The maximum absolute atomic E-state index is 14.2. The Balaban J connectivity index is 1.70. The Kier molecular flexibility index (Phi) is 10.0.